The van der Waals surface area contributed by atoms with Gasteiger partial charge in [0, 0.05) is 37.3 Å². The summed E-state index contributed by atoms with van der Waals surface area (Å²) in [6.07, 6.45) is 4.08. The van der Waals surface area contributed by atoms with Crippen LogP contribution in [0.1, 0.15) is 18.4 Å². The third kappa shape index (κ3) is 3.25. The van der Waals surface area contributed by atoms with Gasteiger partial charge in [0.1, 0.15) is 0 Å². The fourth-order valence-electron chi connectivity index (χ4n) is 3.50. The molecule has 0 saturated carbocycles. The van der Waals surface area contributed by atoms with Crippen molar-refractivity contribution in [1.82, 2.24) is 14.8 Å². The zero-order valence-electron chi connectivity index (χ0n) is 13.1. The number of rotatable bonds is 3. The first-order chi connectivity index (χ1) is 11.3. The third-order valence-electron chi connectivity index (χ3n) is 4.72. The highest BCUT2D eigenvalue weighted by atomic mass is 32.2. The molecule has 23 heavy (non-hydrogen) atoms. The summed E-state index contributed by atoms with van der Waals surface area (Å²) < 4.78 is 1.23. The fourth-order valence-corrected chi connectivity index (χ4v) is 5.21. The second kappa shape index (κ2) is 6.79. The molecule has 1 unspecified atom stereocenters. The Hall–Kier alpha value is -1.11. The van der Waals surface area contributed by atoms with E-state index in [1.54, 1.807) is 11.3 Å². The SMILES string of the molecule is O=C(C1CCCN1Cc1cnc2ccsc2c1)N1CCSCC1. The molecule has 2 saturated heterocycles. The Kier molecular flexibility index (Phi) is 4.55. The molecular weight excluding hydrogens is 326 g/mol. The zero-order chi connectivity index (χ0) is 15.6. The maximum absolute atomic E-state index is 12.8. The highest BCUT2D eigenvalue weighted by Gasteiger charge is 2.34. The molecular formula is C17H21N3OS2. The number of hydrogen-bond donors (Lipinski definition) is 0. The lowest BCUT2D eigenvalue weighted by Gasteiger charge is -2.32. The lowest BCUT2D eigenvalue weighted by atomic mass is 10.1. The Morgan fingerprint density at radius 1 is 1.30 bits per heavy atom. The van der Waals surface area contributed by atoms with Gasteiger partial charge in [-0.1, -0.05) is 0 Å². The Balaban J connectivity index is 1.47. The van der Waals surface area contributed by atoms with Crippen molar-refractivity contribution in [2.24, 2.45) is 0 Å². The van der Waals surface area contributed by atoms with Crippen LogP contribution < -0.4 is 0 Å². The van der Waals surface area contributed by atoms with E-state index in [0.29, 0.717) is 5.91 Å². The van der Waals surface area contributed by atoms with Crippen LogP contribution in [-0.2, 0) is 11.3 Å². The van der Waals surface area contributed by atoms with E-state index in [1.165, 1.54) is 10.3 Å². The summed E-state index contributed by atoms with van der Waals surface area (Å²) in [6.45, 7) is 3.68. The van der Waals surface area contributed by atoms with Crippen LogP contribution in [0.5, 0.6) is 0 Å². The number of thiophene rings is 1. The van der Waals surface area contributed by atoms with Crippen LogP contribution in [0.25, 0.3) is 10.2 Å². The van der Waals surface area contributed by atoms with Gasteiger partial charge in [-0.25, -0.2) is 0 Å². The van der Waals surface area contributed by atoms with Crippen LogP contribution in [0, 0.1) is 0 Å². The van der Waals surface area contributed by atoms with Gasteiger partial charge in [0.25, 0.3) is 0 Å². The van der Waals surface area contributed by atoms with Gasteiger partial charge >= 0.3 is 0 Å². The monoisotopic (exact) mass is 347 g/mol. The van der Waals surface area contributed by atoms with Gasteiger partial charge in [-0.2, -0.15) is 11.8 Å². The zero-order valence-corrected chi connectivity index (χ0v) is 14.7. The van der Waals surface area contributed by atoms with E-state index in [4.69, 9.17) is 0 Å². The number of hydrogen-bond acceptors (Lipinski definition) is 5. The van der Waals surface area contributed by atoms with E-state index in [1.807, 2.05) is 18.0 Å². The largest absolute Gasteiger partial charge is 0.340 e. The number of pyridine rings is 1. The first-order valence-corrected chi connectivity index (χ1v) is 10.3. The van der Waals surface area contributed by atoms with Crippen molar-refractivity contribution in [2.75, 3.05) is 31.1 Å². The number of fused-ring (bicyclic) bond motifs is 1. The van der Waals surface area contributed by atoms with Gasteiger partial charge in [0.2, 0.25) is 5.91 Å². The number of carbonyl (C=O) groups excluding carboxylic acids is 1. The molecule has 2 fully saturated rings. The van der Waals surface area contributed by atoms with Crippen LogP contribution in [0.4, 0.5) is 0 Å². The van der Waals surface area contributed by atoms with Gasteiger partial charge in [-0.15, -0.1) is 11.3 Å². The highest BCUT2D eigenvalue weighted by Crippen LogP contribution is 2.25. The summed E-state index contributed by atoms with van der Waals surface area (Å²) in [5.41, 5.74) is 2.28. The maximum atomic E-state index is 12.8. The summed E-state index contributed by atoms with van der Waals surface area (Å²) >= 11 is 3.68. The Morgan fingerprint density at radius 3 is 3.04 bits per heavy atom. The topological polar surface area (TPSA) is 36.4 Å². The van der Waals surface area contributed by atoms with Crippen molar-refractivity contribution in [3.8, 4) is 0 Å². The third-order valence-corrected chi connectivity index (χ3v) is 6.51. The molecule has 6 heteroatoms. The number of amides is 1. The molecule has 1 amide bonds. The van der Waals surface area contributed by atoms with Crippen molar-refractivity contribution >= 4 is 39.2 Å². The van der Waals surface area contributed by atoms with Gasteiger partial charge in [0.05, 0.1) is 16.3 Å². The molecule has 2 aromatic rings. The molecule has 0 spiro atoms. The molecule has 0 bridgehead atoms. The maximum Gasteiger partial charge on any atom is 0.239 e. The predicted octanol–water partition coefficient (Wildman–Crippen LogP) is 2.84. The smallest absolute Gasteiger partial charge is 0.239 e. The molecule has 4 nitrogen and oxygen atoms in total. The van der Waals surface area contributed by atoms with E-state index in [9.17, 15) is 4.79 Å². The van der Waals surface area contributed by atoms with Crippen molar-refractivity contribution in [3.63, 3.8) is 0 Å². The number of carbonyl (C=O) groups is 1. The minimum Gasteiger partial charge on any atom is -0.340 e. The average molecular weight is 348 g/mol. The number of nitrogens with zero attached hydrogens (tertiary/aromatic N) is 3. The minimum absolute atomic E-state index is 0.0668. The van der Waals surface area contributed by atoms with Crippen LogP contribution in [0.2, 0.25) is 0 Å². The average Bonchev–Trinajstić information content (AvgIpc) is 3.23. The van der Waals surface area contributed by atoms with Crippen LogP contribution in [0.15, 0.2) is 23.7 Å². The van der Waals surface area contributed by atoms with Crippen molar-refractivity contribution in [3.05, 3.63) is 29.3 Å². The summed E-state index contributed by atoms with van der Waals surface area (Å²) in [7, 11) is 0. The predicted molar refractivity (Wildman–Crippen MR) is 97.0 cm³/mol. The van der Waals surface area contributed by atoms with E-state index in [0.717, 1.165) is 56.0 Å². The Morgan fingerprint density at radius 2 is 2.17 bits per heavy atom. The van der Waals surface area contributed by atoms with Crippen molar-refractivity contribution in [2.45, 2.75) is 25.4 Å². The lowest BCUT2D eigenvalue weighted by molar-refractivity contribution is -0.135. The van der Waals surface area contributed by atoms with Crippen molar-refractivity contribution < 1.29 is 4.79 Å². The lowest BCUT2D eigenvalue weighted by Crippen LogP contribution is -2.48. The first kappa shape index (κ1) is 15.4. The van der Waals surface area contributed by atoms with E-state index in [-0.39, 0.29) is 6.04 Å². The molecule has 2 aliphatic heterocycles. The fraction of sp³-hybridized carbons (Fsp3) is 0.529. The summed E-state index contributed by atoms with van der Waals surface area (Å²) in [5, 5.41) is 2.08. The second-order valence-corrected chi connectivity index (χ2v) is 8.39. The second-order valence-electron chi connectivity index (χ2n) is 6.21. The minimum atomic E-state index is 0.0668. The van der Waals surface area contributed by atoms with Crippen LogP contribution >= 0.6 is 23.1 Å². The van der Waals surface area contributed by atoms with Crippen LogP contribution in [-0.4, -0.2) is 57.9 Å². The summed E-state index contributed by atoms with van der Waals surface area (Å²) in [5.74, 6) is 2.50. The van der Waals surface area contributed by atoms with Gasteiger partial charge in [-0.05, 0) is 42.5 Å². The molecule has 0 aliphatic carbocycles. The molecule has 4 rings (SSSR count). The van der Waals surface area contributed by atoms with Gasteiger partial charge in [0.15, 0.2) is 0 Å². The normalized spacial score (nSPS) is 22.8. The van der Waals surface area contributed by atoms with E-state index >= 15 is 0 Å². The van der Waals surface area contributed by atoms with Crippen molar-refractivity contribution in [1.29, 1.82) is 0 Å². The standard InChI is InChI=1S/C17H21N3OS2/c21-17(19-5-8-22-9-6-19)15-2-1-4-20(15)12-13-10-16-14(18-11-13)3-7-23-16/h3,7,10-11,15H,1-2,4-6,8-9,12H2. The molecule has 0 N–H and O–H groups in total. The van der Waals surface area contributed by atoms with Gasteiger partial charge < -0.3 is 4.90 Å². The molecule has 1 atom stereocenters. The summed E-state index contributed by atoms with van der Waals surface area (Å²) in [4.78, 5) is 21.8. The quantitative estimate of drug-likeness (QED) is 0.855. The molecule has 0 aromatic carbocycles. The van der Waals surface area contributed by atoms with Crippen LogP contribution in [0.3, 0.4) is 0 Å². The Bertz CT molecular complexity index is 696. The molecule has 2 aromatic heterocycles. The molecule has 4 heterocycles. The molecule has 0 radical (unpaired) electrons. The first-order valence-electron chi connectivity index (χ1n) is 8.24. The van der Waals surface area contributed by atoms with E-state index < -0.39 is 0 Å². The Labute approximate surface area is 144 Å². The molecule has 122 valence electrons. The molecule has 2 aliphatic rings. The number of thioether (sulfide) groups is 1. The highest BCUT2D eigenvalue weighted by molar-refractivity contribution is 7.99. The number of likely N-dealkylation sites (tertiary alicyclic amines) is 1. The summed E-state index contributed by atoms with van der Waals surface area (Å²) in [6, 6.07) is 4.35. The van der Waals surface area contributed by atoms with E-state index in [2.05, 4.69) is 32.3 Å². The van der Waals surface area contributed by atoms with Gasteiger partial charge in [-0.3, -0.25) is 14.7 Å². The number of aromatic nitrogens is 1.